The maximum absolute atomic E-state index is 11.8. The van der Waals surface area contributed by atoms with Crippen molar-refractivity contribution in [3.63, 3.8) is 0 Å². The molecule has 0 fully saturated rings. The van der Waals surface area contributed by atoms with Crippen LogP contribution in [0.15, 0.2) is 35.3 Å². The van der Waals surface area contributed by atoms with Gasteiger partial charge in [0.05, 0.1) is 5.75 Å². The molecule has 0 aliphatic carbocycles. The first kappa shape index (κ1) is 15.7. The molecule has 0 aliphatic rings. The number of hydrogen-bond donors (Lipinski definition) is 1. The number of benzene rings is 1. The summed E-state index contributed by atoms with van der Waals surface area (Å²) in [5, 5.41) is 1.57. The Kier molecular flexibility index (Phi) is 4.80. The van der Waals surface area contributed by atoms with Gasteiger partial charge in [-0.2, -0.15) is 0 Å². The van der Waals surface area contributed by atoms with E-state index in [1.165, 1.54) is 0 Å². The standard InChI is InChI=1S/C15H20N2O3S/c1-3-21(19,20)9-8-17(2)11-12-10-16-15(18)14-7-5-4-6-13(12)14/h4-7,10H,3,8-9,11H2,1-2H3,(H,16,18). The third kappa shape index (κ3) is 3.92. The minimum atomic E-state index is -2.96. The number of aromatic nitrogens is 1. The molecule has 5 nitrogen and oxygen atoms in total. The van der Waals surface area contributed by atoms with Crippen molar-refractivity contribution in [2.24, 2.45) is 0 Å². The molecule has 114 valence electrons. The number of aromatic amines is 1. The summed E-state index contributed by atoms with van der Waals surface area (Å²) >= 11 is 0. The maximum Gasteiger partial charge on any atom is 0.255 e. The van der Waals surface area contributed by atoms with Crippen LogP contribution in [-0.4, -0.2) is 43.4 Å². The van der Waals surface area contributed by atoms with Crippen molar-refractivity contribution >= 4 is 20.6 Å². The summed E-state index contributed by atoms with van der Waals surface area (Å²) in [6, 6.07) is 7.43. The molecule has 1 N–H and O–H groups in total. The molecule has 6 heteroatoms. The van der Waals surface area contributed by atoms with Crippen molar-refractivity contribution in [1.29, 1.82) is 0 Å². The summed E-state index contributed by atoms with van der Waals surface area (Å²) in [6.07, 6.45) is 1.70. The Morgan fingerprint density at radius 1 is 1.19 bits per heavy atom. The molecule has 0 aliphatic heterocycles. The van der Waals surface area contributed by atoms with Crippen LogP contribution < -0.4 is 5.56 Å². The van der Waals surface area contributed by atoms with Crippen molar-refractivity contribution in [3.8, 4) is 0 Å². The van der Waals surface area contributed by atoms with Crippen LogP contribution in [0, 0.1) is 0 Å². The lowest BCUT2D eigenvalue weighted by atomic mass is 10.1. The van der Waals surface area contributed by atoms with Crippen LogP contribution in [0.3, 0.4) is 0 Å². The molecular formula is C15H20N2O3S. The molecule has 1 aromatic heterocycles. The Hall–Kier alpha value is -1.66. The lowest BCUT2D eigenvalue weighted by Crippen LogP contribution is -2.26. The lowest BCUT2D eigenvalue weighted by molar-refractivity contribution is 0.347. The number of hydrogen-bond acceptors (Lipinski definition) is 4. The Bertz CT molecular complexity index is 781. The zero-order valence-electron chi connectivity index (χ0n) is 12.3. The van der Waals surface area contributed by atoms with Crippen molar-refractivity contribution in [1.82, 2.24) is 9.88 Å². The van der Waals surface area contributed by atoms with E-state index in [1.54, 1.807) is 19.2 Å². The second-order valence-corrected chi connectivity index (χ2v) is 7.64. The Morgan fingerprint density at radius 2 is 1.86 bits per heavy atom. The fourth-order valence-electron chi connectivity index (χ4n) is 2.21. The highest BCUT2D eigenvalue weighted by atomic mass is 32.2. The third-order valence-corrected chi connectivity index (χ3v) is 5.24. The fraction of sp³-hybridized carbons (Fsp3) is 0.400. The highest BCUT2D eigenvalue weighted by molar-refractivity contribution is 7.91. The predicted octanol–water partition coefficient (Wildman–Crippen LogP) is 1.39. The van der Waals surface area contributed by atoms with E-state index >= 15 is 0 Å². The highest BCUT2D eigenvalue weighted by Crippen LogP contribution is 2.15. The largest absolute Gasteiger partial charge is 0.328 e. The van der Waals surface area contributed by atoms with Crippen LogP contribution >= 0.6 is 0 Å². The topological polar surface area (TPSA) is 70.2 Å². The van der Waals surface area contributed by atoms with Crippen LogP contribution in [0.5, 0.6) is 0 Å². The summed E-state index contributed by atoms with van der Waals surface area (Å²) in [5.41, 5.74) is 0.882. The average molecular weight is 308 g/mol. The number of fused-ring (bicyclic) bond motifs is 1. The fourth-order valence-corrected chi connectivity index (χ4v) is 3.09. The van der Waals surface area contributed by atoms with Gasteiger partial charge in [-0.25, -0.2) is 8.42 Å². The number of sulfone groups is 1. The second kappa shape index (κ2) is 6.41. The quantitative estimate of drug-likeness (QED) is 0.875. The Balaban J connectivity index is 2.17. The van der Waals surface area contributed by atoms with Crippen molar-refractivity contribution in [2.45, 2.75) is 13.5 Å². The first-order valence-corrected chi connectivity index (χ1v) is 8.73. The average Bonchev–Trinajstić information content (AvgIpc) is 2.48. The van der Waals surface area contributed by atoms with E-state index in [-0.39, 0.29) is 17.1 Å². The van der Waals surface area contributed by atoms with Crippen molar-refractivity contribution < 1.29 is 8.42 Å². The smallest absolute Gasteiger partial charge is 0.255 e. The van der Waals surface area contributed by atoms with Gasteiger partial charge in [0.15, 0.2) is 9.84 Å². The van der Waals surface area contributed by atoms with E-state index in [4.69, 9.17) is 0 Å². The van der Waals surface area contributed by atoms with Crippen LogP contribution in [-0.2, 0) is 16.4 Å². The molecule has 0 atom stereocenters. The number of pyridine rings is 1. The molecule has 0 spiro atoms. The molecular weight excluding hydrogens is 288 g/mol. The normalized spacial score (nSPS) is 12.1. The van der Waals surface area contributed by atoms with Gasteiger partial charge in [-0.1, -0.05) is 25.1 Å². The van der Waals surface area contributed by atoms with Gasteiger partial charge in [-0.15, -0.1) is 0 Å². The van der Waals surface area contributed by atoms with Gasteiger partial charge >= 0.3 is 0 Å². The minimum absolute atomic E-state index is 0.106. The first-order chi connectivity index (χ1) is 9.93. The Morgan fingerprint density at radius 3 is 2.52 bits per heavy atom. The van der Waals surface area contributed by atoms with Crippen LogP contribution in [0.4, 0.5) is 0 Å². The molecule has 0 saturated carbocycles. The summed E-state index contributed by atoms with van der Waals surface area (Å²) in [4.78, 5) is 16.4. The number of nitrogens with zero attached hydrogens (tertiary/aromatic N) is 1. The van der Waals surface area contributed by atoms with Crippen molar-refractivity contribution in [2.75, 3.05) is 25.1 Å². The van der Waals surface area contributed by atoms with E-state index in [0.29, 0.717) is 18.5 Å². The molecule has 1 aromatic carbocycles. The summed E-state index contributed by atoms with van der Waals surface area (Å²) < 4.78 is 23.1. The van der Waals surface area contributed by atoms with Gasteiger partial charge in [0, 0.05) is 30.4 Å². The van der Waals surface area contributed by atoms with Crippen LogP contribution in [0.2, 0.25) is 0 Å². The third-order valence-electron chi connectivity index (χ3n) is 3.56. The van der Waals surface area contributed by atoms with Crippen molar-refractivity contribution in [3.05, 3.63) is 46.4 Å². The summed E-state index contributed by atoms with van der Waals surface area (Å²) in [6.45, 7) is 2.73. The van der Waals surface area contributed by atoms with Crippen LogP contribution in [0.25, 0.3) is 10.8 Å². The van der Waals surface area contributed by atoms with E-state index in [0.717, 1.165) is 10.9 Å². The molecule has 0 saturated heterocycles. The monoisotopic (exact) mass is 308 g/mol. The van der Waals surface area contributed by atoms with Gasteiger partial charge in [0.2, 0.25) is 0 Å². The van der Waals surface area contributed by atoms with Gasteiger partial charge in [0.25, 0.3) is 5.56 Å². The maximum atomic E-state index is 11.8. The molecule has 0 bridgehead atoms. The lowest BCUT2D eigenvalue weighted by Gasteiger charge is -2.17. The highest BCUT2D eigenvalue weighted by Gasteiger charge is 2.11. The number of H-pyrrole nitrogens is 1. The number of nitrogens with one attached hydrogen (secondary N) is 1. The minimum Gasteiger partial charge on any atom is -0.328 e. The molecule has 0 unspecified atom stereocenters. The van der Waals surface area contributed by atoms with Gasteiger partial charge in [0.1, 0.15) is 0 Å². The van der Waals surface area contributed by atoms with E-state index < -0.39 is 9.84 Å². The van der Waals surface area contributed by atoms with Crippen LogP contribution in [0.1, 0.15) is 12.5 Å². The SMILES string of the molecule is CCS(=O)(=O)CCN(C)Cc1c[nH]c(=O)c2ccccc12. The van der Waals surface area contributed by atoms with E-state index in [2.05, 4.69) is 4.98 Å². The Labute approximate surface area is 124 Å². The zero-order valence-corrected chi connectivity index (χ0v) is 13.1. The van der Waals surface area contributed by atoms with Gasteiger partial charge < -0.3 is 9.88 Å². The summed E-state index contributed by atoms with van der Waals surface area (Å²) in [7, 11) is -1.08. The van der Waals surface area contributed by atoms with E-state index in [9.17, 15) is 13.2 Å². The molecule has 0 amide bonds. The summed E-state index contributed by atoms with van der Waals surface area (Å²) in [5.74, 6) is 0.323. The first-order valence-electron chi connectivity index (χ1n) is 6.91. The number of rotatable bonds is 6. The molecule has 2 aromatic rings. The van der Waals surface area contributed by atoms with E-state index in [1.807, 2.05) is 30.1 Å². The van der Waals surface area contributed by atoms with Gasteiger partial charge in [-0.05, 0) is 24.1 Å². The molecule has 0 radical (unpaired) electrons. The second-order valence-electron chi connectivity index (χ2n) is 5.16. The molecule has 1 heterocycles. The van der Waals surface area contributed by atoms with Gasteiger partial charge in [-0.3, -0.25) is 4.79 Å². The zero-order chi connectivity index (χ0) is 15.5. The molecule has 21 heavy (non-hydrogen) atoms. The predicted molar refractivity (Wildman–Crippen MR) is 85.2 cm³/mol. The molecule has 2 rings (SSSR count).